The van der Waals surface area contributed by atoms with E-state index in [-0.39, 0.29) is 6.04 Å². The maximum absolute atomic E-state index is 6.21. The van der Waals surface area contributed by atoms with Gasteiger partial charge in [-0.3, -0.25) is 4.98 Å². The van der Waals surface area contributed by atoms with E-state index in [1.165, 1.54) is 0 Å². The van der Waals surface area contributed by atoms with Gasteiger partial charge in [0.25, 0.3) is 0 Å². The fourth-order valence-corrected chi connectivity index (χ4v) is 2.40. The number of fused-ring (bicyclic) bond motifs is 1. The summed E-state index contributed by atoms with van der Waals surface area (Å²) in [7, 11) is 0. The van der Waals surface area contributed by atoms with Crippen LogP contribution in [0, 0.1) is 0 Å². The fraction of sp³-hybridized carbons (Fsp3) is 0.118. The highest BCUT2D eigenvalue weighted by molar-refractivity contribution is 6.35. The van der Waals surface area contributed by atoms with Crippen LogP contribution >= 0.6 is 11.6 Å². The Balaban J connectivity index is 1.96. The Labute approximate surface area is 128 Å². The third-order valence-electron chi connectivity index (χ3n) is 3.28. The molecule has 0 amide bonds. The number of aromatic nitrogens is 1. The lowest BCUT2D eigenvalue weighted by Gasteiger charge is -2.11. The molecule has 4 heteroatoms. The predicted molar refractivity (Wildman–Crippen MR) is 85.9 cm³/mol. The lowest BCUT2D eigenvalue weighted by Crippen LogP contribution is -2.06. The van der Waals surface area contributed by atoms with Gasteiger partial charge in [-0.25, -0.2) is 0 Å². The minimum atomic E-state index is -0.0876. The van der Waals surface area contributed by atoms with E-state index in [2.05, 4.69) is 4.98 Å². The Morgan fingerprint density at radius 3 is 2.48 bits per heavy atom. The molecule has 0 aliphatic heterocycles. The van der Waals surface area contributed by atoms with Crippen LogP contribution in [0.15, 0.2) is 54.7 Å². The molecule has 0 spiro atoms. The molecule has 1 aromatic heterocycles. The van der Waals surface area contributed by atoms with Crippen LogP contribution < -0.4 is 10.5 Å². The third-order valence-corrected chi connectivity index (χ3v) is 3.61. The normalized spacial score (nSPS) is 12.3. The van der Waals surface area contributed by atoms with Crippen LogP contribution in [0.5, 0.6) is 11.5 Å². The summed E-state index contributed by atoms with van der Waals surface area (Å²) >= 11 is 6.21. The molecule has 3 rings (SSSR count). The molecule has 2 N–H and O–H groups in total. The smallest absolute Gasteiger partial charge is 0.145 e. The van der Waals surface area contributed by atoms with Crippen molar-refractivity contribution in [3.8, 4) is 11.5 Å². The van der Waals surface area contributed by atoms with Crippen LogP contribution in [0.2, 0.25) is 5.02 Å². The van der Waals surface area contributed by atoms with Gasteiger partial charge in [-0.2, -0.15) is 0 Å². The molecule has 3 aromatic rings. The molecule has 0 radical (unpaired) electrons. The Bertz CT molecular complexity index is 769. The number of benzene rings is 2. The molecule has 0 aliphatic carbocycles. The second-order valence-electron chi connectivity index (χ2n) is 4.90. The quantitative estimate of drug-likeness (QED) is 0.762. The van der Waals surface area contributed by atoms with Crippen LogP contribution in [0.1, 0.15) is 18.7 Å². The molecule has 0 saturated carbocycles. The molecule has 0 aliphatic rings. The molecule has 0 saturated heterocycles. The van der Waals surface area contributed by atoms with Gasteiger partial charge in [0.05, 0.1) is 11.9 Å². The van der Waals surface area contributed by atoms with E-state index in [0.29, 0.717) is 10.8 Å². The van der Waals surface area contributed by atoms with E-state index in [4.69, 9.17) is 22.1 Å². The van der Waals surface area contributed by atoms with Crippen molar-refractivity contribution in [1.29, 1.82) is 0 Å². The van der Waals surface area contributed by atoms with Crippen molar-refractivity contribution < 1.29 is 4.74 Å². The highest BCUT2D eigenvalue weighted by atomic mass is 35.5. The Kier molecular flexibility index (Phi) is 3.78. The SMILES string of the molecule is C[C@@H](N)c1ccc(Oc2ccc(Cl)c3ccccc23)cn1. The first-order valence-electron chi connectivity index (χ1n) is 6.72. The Hall–Kier alpha value is -2.10. The number of ether oxygens (including phenoxy) is 1. The van der Waals surface area contributed by atoms with Crippen molar-refractivity contribution in [1.82, 2.24) is 4.98 Å². The fourth-order valence-electron chi connectivity index (χ4n) is 2.17. The molecular weight excluding hydrogens is 284 g/mol. The highest BCUT2D eigenvalue weighted by Crippen LogP contribution is 2.33. The molecule has 3 nitrogen and oxygen atoms in total. The van der Waals surface area contributed by atoms with Gasteiger partial charge in [0.15, 0.2) is 0 Å². The zero-order valence-corrected chi connectivity index (χ0v) is 12.3. The van der Waals surface area contributed by atoms with Gasteiger partial charge in [-0.15, -0.1) is 0 Å². The van der Waals surface area contributed by atoms with Crippen LogP contribution in [-0.2, 0) is 0 Å². The molecule has 1 heterocycles. The zero-order chi connectivity index (χ0) is 14.8. The van der Waals surface area contributed by atoms with Crippen LogP contribution in [0.4, 0.5) is 0 Å². The summed E-state index contributed by atoms with van der Waals surface area (Å²) in [5.74, 6) is 1.43. The highest BCUT2D eigenvalue weighted by Gasteiger charge is 2.07. The van der Waals surface area contributed by atoms with E-state index in [1.54, 1.807) is 6.20 Å². The number of rotatable bonds is 3. The van der Waals surface area contributed by atoms with Crippen molar-refractivity contribution in [2.24, 2.45) is 5.73 Å². The Morgan fingerprint density at radius 2 is 1.81 bits per heavy atom. The van der Waals surface area contributed by atoms with Gasteiger partial charge in [0.2, 0.25) is 0 Å². The molecule has 0 fully saturated rings. The first-order chi connectivity index (χ1) is 10.1. The van der Waals surface area contributed by atoms with Gasteiger partial charge in [-0.1, -0.05) is 35.9 Å². The third kappa shape index (κ3) is 2.84. The van der Waals surface area contributed by atoms with E-state index in [0.717, 1.165) is 22.2 Å². The van der Waals surface area contributed by atoms with Gasteiger partial charge in [0, 0.05) is 21.8 Å². The minimum Gasteiger partial charge on any atom is -0.455 e. The lowest BCUT2D eigenvalue weighted by molar-refractivity contribution is 0.485. The number of nitrogens with zero attached hydrogens (tertiary/aromatic N) is 1. The molecular formula is C17H15ClN2O. The first kappa shape index (κ1) is 13.9. The van der Waals surface area contributed by atoms with Gasteiger partial charge < -0.3 is 10.5 Å². The summed E-state index contributed by atoms with van der Waals surface area (Å²) in [5.41, 5.74) is 6.63. The van der Waals surface area contributed by atoms with E-state index < -0.39 is 0 Å². The number of hydrogen-bond acceptors (Lipinski definition) is 3. The average Bonchev–Trinajstić information content (AvgIpc) is 2.51. The molecule has 21 heavy (non-hydrogen) atoms. The van der Waals surface area contributed by atoms with Gasteiger partial charge in [0.1, 0.15) is 11.5 Å². The van der Waals surface area contributed by atoms with Crippen molar-refractivity contribution in [2.45, 2.75) is 13.0 Å². The number of hydrogen-bond donors (Lipinski definition) is 1. The number of nitrogens with two attached hydrogens (primary N) is 1. The predicted octanol–water partition coefficient (Wildman–Crippen LogP) is 4.70. The summed E-state index contributed by atoms with van der Waals surface area (Å²) in [4.78, 5) is 4.30. The maximum Gasteiger partial charge on any atom is 0.145 e. The molecule has 1 atom stereocenters. The molecule has 0 unspecified atom stereocenters. The topological polar surface area (TPSA) is 48.1 Å². The van der Waals surface area contributed by atoms with Crippen LogP contribution in [0.25, 0.3) is 10.8 Å². The Morgan fingerprint density at radius 1 is 1.05 bits per heavy atom. The van der Waals surface area contributed by atoms with Crippen LogP contribution in [0.3, 0.4) is 0 Å². The largest absolute Gasteiger partial charge is 0.455 e. The van der Waals surface area contributed by atoms with E-state index in [1.807, 2.05) is 55.5 Å². The summed E-state index contributed by atoms with van der Waals surface area (Å²) in [5, 5.41) is 2.65. The number of pyridine rings is 1. The number of halogens is 1. The monoisotopic (exact) mass is 298 g/mol. The van der Waals surface area contributed by atoms with Crippen molar-refractivity contribution in [2.75, 3.05) is 0 Å². The van der Waals surface area contributed by atoms with E-state index in [9.17, 15) is 0 Å². The van der Waals surface area contributed by atoms with Gasteiger partial charge >= 0.3 is 0 Å². The average molecular weight is 299 g/mol. The van der Waals surface area contributed by atoms with Crippen LogP contribution in [-0.4, -0.2) is 4.98 Å². The van der Waals surface area contributed by atoms with Crippen molar-refractivity contribution >= 4 is 22.4 Å². The minimum absolute atomic E-state index is 0.0876. The first-order valence-corrected chi connectivity index (χ1v) is 7.09. The maximum atomic E-state index is 6.21. The summed E-state index contributed by atoms with van der Waals surface area (Å²) in [6.45, 7) is 1.90. The second-order valence-corrected chi connectivity index (χ2v) is 5.31. The van der Waals surface area contributed by atoms with Crippen molar-refractivity contribution in [3.05, 3.63) is 65.4 Å². The second kappa shape index (κ2) is 5.72. The summed E-state index contributed by atoms with van der Waals surface area (Å²) < 4.78 is 5.92. The zero-order valence-electron chi connectivity index (χ0n) is 11.6. The van der Waals surface area contributed by atoms with E-state index >= 15 is 0 Å². The summed E-state index contributed by atoms with van der Waals surface area (Å²) in [6, 6.07) is 15.2. The molecule has 0 bridgehead atoms. The lowest BCUT2D eigenvalue weighted by atomic mass is 10.1. The summed E-state index contributed by atoms with van der Waals surface area (Å²) in [6.07, 6.45) is 1.68. The standard InChI is InChI=1S/C17H15ClN2O/c1-11(19)16-8-6-12(10-20-16)21-17-9-7-15(18)13-4-2-3-5-14(13)17/h2-11H,19H2,1H3/t11-/m1/s1. The van der Waals surface area contributed by atoms with Gasteiger partial charge in [-0.05, 0) is 31.2 Å². The molecule has 106 valence electrons. The molecule has 2 aromatic carbocycles. The van der Waals surface area contributed by atoms with Crippen molar-refractivity contribution in [3.63, 3.8) is 0 Å².